The van der Waals surface area contributed by atoms with Crippen molar-refractivity contribution in [2.75, 3.05) is 17.8 Å². The van der Waals surface area contributed by atoms with Crippen LogP contribution in [0.25, 0.3) is 0 Å². The molecule has 0 spiro atoms. The van der Waals surface area contributed by atoms with Crippen molar-refractivity contribution in [3.63, 3.8) is 0 Å². The van der Waals surface area contributed by atoms with Crippen molar-refractivity contribution in [2.45, 2.75) is 31.1 Å². The van der Waals surface area contributed by atoms with Gasteiger partial charge in [0.2, 0.25) is 0 Å². The van der Waals surface area contributed by atoms with Crippen LogP contribution in [-0.2, 0) is 10.0 Å². The van der Waals surface area contributed by atoms with Crippen molar-refractivity contribution >= 4 is 33.2 Å². The molecule has 6 nitrogen and oxygen atoms in total. The number of ether oxygens (including phenoxy) is 1. The minimum Gasteiger partial charge on any atom is -0.455 e. The molecule has 0 unspecified atom stereocenters. The van der Waals surface area contributed by atoms with E-state index < -0.39 is 10.0 Å². The lowest BCUT2D eigenvalue weighted by Crippen LogP contribution is -2.36. The third-order valence-electron chi connectivity index (χ3n) is 5.55. The first-order valence-electron chi connectivity index (χ1n) is 10.8. The Balaban J connectivity index is 1.63. The predicted octanol–water partition coefficient (Wildman–Crippen LogP) is 5.87. The number of para-hydroxylation sites is 1. The summed E-state index contributed by atoms with van der Waals surface area (Å²) in [6, 6.07) is 18.4. The first-order chi connectivity index (χ1) is 15.8. The molecule has 0 aliphatic carbocycles. The van der Waals surface area contributed by atoms with Crippen LogP contribution in [0.5, 0.6) is 11.5 Å². The van der Waals surface area contributed by atoms with Gasteiger partial charge in [-0.05, 0) is 74.2 Å². The second kappa shape index (κ2) is 9.85. The first-order valence-corrected chi connectivity index (χ1v) is 12.6. The number of piperidine rings is 1. The number of halogens is 1. The van der Waals surface area contributed by atoms with Gasteiger partial charge in [-0.15, -0.1) is 0 Å². The molecular formula is C25H25ClN2O4S. The number of benzene rings is 3. The molecule has 8 heteroatoms. The summed E-state index contributed by atoms with van der Waals surface area (Å²) in [7, 11) is -4.01. The topological polar surface area (TPSA) is 75.7 Å². The van der Waals surface area contributed by atoms with E-state index >= 15 is 0 Å². The number of carbonyl (C=O) groups is 1. The summed E-state index contributed by atoms with van der Waals surface area (Å²) in [5.74, 6) is 0.732. The molecule has 3 aromatic rings. The van der Waals surface area contributed by atoms with E-state index in [1.54, 1.807) is 35.2 Å². The molecule has 0 radical (unpaired) electrons. The van der Waals surface area contributed by atoms with E-state index in [4.69, 9.17) is 16.3 Å². The van der Waals surface area contributed by atoms with E-state index in [9.17, 15) is 13.2 Å². The zero-order chi connectivity index (χ0) is 23.4. The van der Waals surface area contributed by atoms with Gasteiger partial charge in [-0.25, -0.2) is 8.42 Å². The number of likely N-dealkylation sites (tertiary alicyclic amines) is 1. The Bertz CT molecular complexity index is 1260. The number of amides is 1. The maximum atomic E-state index is 13.2. The van der Waals surface area contributed by atoms with Crippen molar-refractivity contribution < 1.29 is 17.9 Å². The van der Waals surface area contributed by atoms with Crippen LogP contribution in [0.1, 0.15) is 35.2 Å². The molecule has 1 aliphatic rings. The van der Waals surface area contributed by atoms with Gasteiger partial charge in [0.05, 0.1) is 10.6 Å². The third-order valence-corrected chi connectivity index (χ3v) is 7.15. The van der Waals surface area contributed by atoms with Crippen molar-refractivity contribution in [3.8, 4) is 11.5 Å². The van der Waals surface area contributed by atoms with Crippen LogP contribution in [0.15, 0.2) is 71.6 Å². The molecule has 1 heterocycles. The first kappa shape index (κ1) is 23.1. The number of hydrogen-bond acceptors (Lipinski definition) is 4. The Kier molecular flexibility index (Phi) is 6.91. The molecule has 172 valence electrons. The van der Waals surface area contributed by atoms with E-state index in [2.05, 4.69) is 4.72 Å². The highest BCUT2D eigenvalue weighted by molar-refractivity contribution is 7.92. The maximum absolute atomic E-state index is 13.2. The molecule has 1 N–H and O–H groups in total. The Morgan fingerprint density at radius 2 is 1.70 bits per heavy atom. The number of nitrogens with zero attached hydrogens (tertiary/aromatic N) is 1. The summed E-state index contributed by atoms with van der Waals surface area (Å²) in [6.07, 6.45) is 3.03. The van der Waals surface area contributed by atoms with Gasteiger partial charge in [-0.2, -0.15) is 0 Å². The quantitative estimate of drug-likeness (QED) is 0.475. The third kappa shape index (κ3) is 5.49. The van der Waals surface area contributed by atoms with Crippen LogP contribution >= 0.6 is 11.6 Å². The molecule has 33 heavy (non-hydrogen) atoms. The van der Waals surface area contributed by atoms with Gasteiger partial charge in [0.15, 0.2) is 5.75 Å². The average molecular weight is 485 g/mol. The molecule has 0 saturated carbocycles. The van der Waals surface area contributed by atoms with Gasteiger partial charge >= 0.3 is 0 Å². The Labute approximate surface area is 199 Å². The molecule has 1 aliphatic heterocycles. The van der Waals surface area contributed by atoms with E-state index in [1.807, 2.05) is 25.1 Å². The summed E-state index contributed by atoms with van der Waals surface area (Å²) in [4.78, 5) is 14.8. The van der Waals surface area contributed by atoms with Crippen LogP contribution < -0.4 is 9.46 Å². The fraction of sp³-hybridized carbons (Fsp3) is 0.240. The number of rotatable bonds is 6. The van der Waals surface area contributed by atoms with Gasteiger partial charge in [-0.1, -0.05) is 35.9 Å². The summed E-state index contributed by atoms with van der Waals surface area (Å²) in [5, 5.41) is 0.359. The lowest BCUT2D eigenvalue weighted by atomic mass is 10.1. The molecule has 0 bridgehead atoms. The molecule has 1 fully saturated rings. The summed E-state index contributed by atoms with van der Waals surface area (Å²) in [5.41, 5.74) is 1.34. The molecule has 0 aromatic heterocycles. The number of aryl methyl sites for hydroxylation is 1. The van der Waals surface area contributed by atoms with Crippen molar-refractivity contribution in [2.24, 2.45) is 0 Å². The van der Waals surface area contributed by atoms with E-state index in [1.165, 1.54) is 18.2 Å². The van der Waals surface area contributed by atoms with Crippen LogP contribution in [0.4, 0.5) is 5.69 Å². The van der Waals surface area contributed by atoms with Crippen molar-refractivity contribution in [1.82, 2.24) is 4.90 Å². The molecule has 4 rings (SSSR count). The zero-order valence-electron chi connectivity index (χ0n) is 18.3. The lowest BCUT2D eigenvalue weighted by molar-refractivity contribution is 0.0723. The Morgan fingerprint density at radius 1 is 0.970 bits per heavy atom. The second-order valence-corrected chi connectivity index (χ2v) is 10.1. The summed E-state index contributed by atoms with van der Waals surface area (Å²) in [6.45, 7) is 3.19. The van der Waals surface area contributed by atoms with Crippen LogP contribution in [0.3, 0.4) is 0 Å². The van der Waals surface area contributed by atoms with Gasteiger partial charge in [0.1, 0.15) is 5.75 Å². The monoisotopic (exact) mass is 484 g/mol. The number of sulfonamides is 1. The van der Waals surface area contributed by atoms with E-state index in [-0.39, 0.29) is 16.5 Å². The number of carbonyl (C=O) groups excluding carboxylic acids is 1. The van der Waals surface area contributed by atoms with E-state index in [0.717, 1.165) is 24.8 Å². The normalized spacial score (nSPS) is 14.1. The molecular weight excluding hydrogens is 460 g/mol. The van der Waals surface area contributed by atoms with Gasteiger partial charge in [0.25, 0.3) is 15.9 Å². The molecule has 1 amide bonds. The number of nitrogens with one attached hydrogen (secondary N) is 1. The van der Waals surface area contributed by atoms with Gasteiger partial charge < -0.3 is 9.64 Å². The highest BCUT2D eigenvalue weighted by Gasteiger charge is 2.23. The minimum absolute atomic E-state index is 0.000837. The lowest BCUT2D eigenvalue weighted by Gasteiger charge is -2.27. The average Bonchev–Trinajstić information content (AvgIpc) is 2.81. The molecule has 0 atom stereocenters. The fourth-order valence-corrected chi connectivity index (χ4v) is 5.02. The molecule has 3 aromatic carbocycles. The largest absolute Gasteiger partial charge is 0.455 e. The highest BCUT2D eigenvalue weighted by Crippen LogP contribution is 2.34. The van der Waals surface area contributed by atoms with Crippen molar-refractivity contribution in [3.05, 3.63) is 82.9 Å². The Hall–Kier alpha value is -3.03. The maximum Gasteiger partial charge on any atom is 0.262 e. The molecule has 1 saturated heterocycles. The number of hydrogen-bond donors (Lipinski definition) is 1. The van der Waals surface area contributed by atoms with Gasteiger partial charge in [-0.3, -0.25) is 9.52 Å². The predicted molar refractivity (Wildman–Crippen MR) is 130 cm³/mol. The Morgan fingerprint density at radius 3 is 2.42 bits per heavy atom. The smallest absolute Gasteiger partial charge is 0.262 e. The number of anilines is 1. The van der Waals surface area contributed by atoms with Crippen LogP contribution in [0, 0.1) is 6.92 Å². The fourth-order valence-electron chi connectivity index (χ4n) is 3.76. The summed E-state index contributed by atoms with van der Waals surface area (Å²) < 4.78 is 34.9. The highest BCUT2D eigenvalue weighted by atomic mass is 35.5. The standard InChI is InChI=1S/C25H25ClN2O4S/c1-18-10-12-21(17-22(18)25(29)28-14-6-3-7-15-28)33(30,31)27-23-16-19(26)11-13-24(23)32-20-8-4-2-5-9-20/h2,4-5,8-13,16-17,27H,3,6-7,14-15H2,1H3. The van der Waals surface area contributed by atoms with Crippen LogP contribution in [-0.4, -0.2) is 32.3 Å². The second-order valence-electron chi connectivity index (χ2n) is 7.99. The van der Waals surface area contributed by atoms with E-state index in [0.29, 0.717) is 35.2 Å². The van der Waals surface area contributed by atoms with Crippen LogP contribution in [0.2, 0.25) is 5.02 Å². The summed E-state index contributed by atoms with van der Waals surface area (Å²) >= 11 is 6.13. The zero-order valence-corrected chi connectivity index (χ0v) is 19.8. The van der Waals surface area contributed by atoms with Crippen molar-refractivity contribution in [1.29, 1.82) is 0 Å². The van der Waals surface area contributed by atoms with Gasteiger partial charge in [0, 0.05) is 23.7 Å². The minimum atomic E-state index is -4.01. The SMILES string of the molecule is Cc1ccc(S(=O)(=O)Nc2cc(Cl)ccc2Oc2ccccc2)cc1C(=O)N1CCCCC1.